The van der Waals surface area contributed by atoms with Gasteiger partial charge < -0.3 is 10.1 Å². The third-order valence-electron chi connectivity index (χ3n) is 3.34. The highest BCUT2D eigenvalue weighted by Crippen LogP contribution is 2.28. The molecule has 0 spiro atoms. The van der Waals surface area contributed by atoms with Crippen LogP contribution in [0.5, 0.6) is 0 Å². The Kier molecular flexibility index (Phi) is 5.57. The molecule has 0 aliphatic rings. The van der Waals surface area contributed by atoms with E-state index >= 15 is 0 Å². The summed E-state index contributed by atoms with van der Waals surface area (Å²) in [6.07, 6.45) is 0. The lowest BCUT2D eigenvalue weighted by atomic mass is 10.1. The van der Waals surface area contributed by atoms with Gasteiger partial charge in [-0.15, -0.1) is 22.7 Å². The number of esters is 1. The number of ether oxygens (including phenoxy) is 1. The zero-order valence-corrected chi connectivity index (χ0v) is 15.2. The molecule has 2 aromatic heterocycles. The third-order valence-corrected chi connectivity index (χ3v) is 5.17. The highest BCUT2D eigenvalue weighted by atomic mass is 32.1. The number of carbonyl (C=O) groups is 2. The fourth-order valence-electron chi connectivity index (χ4n) is 2.20. The summed E-state index contributed by atoms with van der Waals surface area (Å²) in [5.74, 6) is -0.861. The van der Waals surface area contributed by atoms with Crippen LogP contribution in [0.15, 0.2) is 47.8 Å². The van der Waals surface area contributed by atoms with Crippen molar-refractivity contribution in [1.29, 1.82) is 0 Å². The van der Waals surface area contributed by atoms with E-state index in [9.17, 15) is 9.59 Å². The number of thiophene rings is 1. The van der Waals surface area contributed by atoms with Gasteiger partial charge in [-0.25, -0.2) is 9.78 Å². The van der Waals surface area contributed by atoms with E-state index in [0.29, 0.717) is 17.1 Å². The maximum absolute atomic E-state index is 12.4. The van der Waals surface area contributed by atoms with Crippen LogP contribution in [0.1, 0.15) is 19.6 Å². The molecule has 5 nitrogen and oxygen atoms in total. The van der Waals surface area contributed by atoms with Gasteiger partial charge in [-0.05, 0) is 18.4 Å². The Morgan fingerprint density at radius 1 is 1.16 bits per heavy atom. The smallest absolute Gasteiger partial charge is 0.351 e. The van der Waals surface area contributed by atoms with Crippen LogP contribution in [-0.2, 0) is 16.1 Å². The molecule has 0 fully saturated rings. The first-order chi connectivity index (χ1) is 12.1. The van der Waals surface area contributed by atoms with Crippen LogP contribution in [-0.4, -0.2) is 23.5 Å². The molecule has 0 aliphatic heterocycles. The first-order valence-electron chi connectivity index (χ1n) is 7.62. The second-order valence-electron chi connectivity index (χ2n) is 5.21. The molecule has 1 N–H and O–H groups in total. The molecule has 1 aromatic carbocycles. The highest BCUT2D eigenvalue weighted by Gasteiger charge is 2.20. The van der Waals surface area contributed by atoms with Crippen molar-refractivity contribution in [2.24, 2.45) is 0 Å². The molecule has 25 heavy (non-hydrogen) atoms. The van der Waals surface area contributed by atoms with Gasteiger partial charge in [0.1, 0.15) is 4.88 Å². The molecule has 3 aromatic rings. The largest absolute Gasteiger partial charge is 0.451 e. The van der Waals surface area contributed by atoms with E-state index in [-0.39, 0.29) is 12.5 Å². The number of aromatic nitrogens is 1. The van der Waals surface area contributed by atoms with E-state index in [1.54, 1.807) is 11.3 Å². The average Bonchev–Trinajstić information content (AvgIpc) is 3.28. The van der Waals surface area contributed by atoms with Crippen LogP contribution in [0, 0.1) is 6.92 Å². The van der Waals surface area contributed by atoms with E-state index in [2.05, 4.69) is 10.3 Å². The van der Waals surface area contributed by atoms with Crippen LogP contribution in [0.2, 0.25) is 0 Å². The molecular weight excluding hydrogens is 356 g/mol. The average molecular weight is 372 g/mol. The topological polar surface area (TPSA) is 68.3 Å². The molecule has 0 radical (unpaired) electrons. The van der Waals surface area contributed by atoms with Crippen molar-refractivity contribution in [3.8, 4) is 11.3 Å². The summed E-state index contributed by atoms with van der Waals surface area (Å²) in [5, 5.41) is 5.44. The molecule has 0 aliphatic carbocycles. The number of nitrogens with one attached hydrogen (secondary N) is 1. The standard InChI is InChI=1S/C18H16N2O3S2/c1-12-20-16(13-6-3-2-4-7-13)17(25-12)18(22)23-11-15(21)19-10-14-8-5-9-24-14/h2-9H,10-11H2,1H3,(H,19,21). The molecule has 3 rings (SSSR count). The SMILES string of the molecule is Cc1nc(-c2ccccc2)c(C(=O)OCC(=O)NCc2cccs2)s1. The summed E-state index contributed by atoms with van der Waals surface area (Å²) in [7, 11) is 0. The van der Waals surface area contributed by atoms with E-state index in [1.807, 2.05) is 54.8 Å². The summed E-state index contributed by atoms with van der Waals surface area (Å²) < 4.78 is 5.16. The summed E-state index contributed by atoms with van der Waals surface area (Å²) >= 11 is 2.82. The van der Waals surface area contributed by atoms with Crippen molar-refractivity contribution in [2.45, 2.75) is 13.5 Å². The summed E-state index contributed by atoms with van der Waals surface area (Å²) in [4.78, 5) is 30.1. The van der Waals surface area contributed by atoms with E-state index < -0.39 is 5.97 Å². The quantitative estimate of drug-likeness (QED) is 0.671. The Balaban J connectivity index is 1.61. The lowest BCUT2D eigenvalue weighted by Crippen LogP contribution is -2.28. The van der Waals surface area contributed by atoms with Crippen LogP contribution in [0.3, 0.4) is 0 Å². The Labute approximate surface area is 153 Å². The number of nitrogens with zero attached hydrogens (tertiary/aromatic N) is 1. The van der Waals surface area contributed by atoms with Gasteiger partial charge in [0.15, 0.2) is 6.61 Å². The molecule has 128 valence electrons. The second kappa shape index (κ2) is 8.04. The van der Waals surface area contributed by atoms with Crippen LogP contribution in [0.4, 0.5) is 0 Å². The number of benzene rings is 1. The number of amides is 1. The summed E-state index contributed by atoms with van der Waals surface area (Å²) in [6.45, 7) is 1.96. The van der Waals surface area contributed by atoms with Gasteiger partial charge in [-0.3, -0.25) is 4.79 Å². The maximum atomic E-state index is 12.4. The summed E-state index contributed by atoms with van der Waals surface area (Å²) in [5.41, 5.74) is 1.44. The molecule has 0 saturated heterocycles. The lowest BCUT2D eigenvalue weighted by molar-refractivity contribution is -0.124. The van der Waals surface area contributed by atoms with E-state index in [1.165, 1.54) is 11.3 Å². The van der Waals surface area contributed by atoms with Crippen molar-refractivity contribution in [3.63, 3.8) is 0 Å². The van der Waals surface area contributed by atoms with Gasteiger partial charge in [0, 0.05) is 10.4 Å². The van der Waals surface area contributed by atoms with Crippen LogP contribution < -0.4 is 5.32 Å². The minimum Gasteiger partial charge on any atom is -0.451 e. The molecule has 0 atom stereocenters. The van der Waals surface area contributed by atoms with Crippen molar-refractivity contribution < 1.29 is 14.3 Å². The van der Waals surface area contributed by atoms with Crippen LogP contribution in [0.25, 0.3) is 11.3 Å². The minimum atomic E-state index is -0.532. The van der Waals surface area contributed by atoms with Crippen molar-refractivity contribution in [1.82, 2.24) is 10.3 Å². The zero-order chi connectivity index (χ0) is 17.6. The van der Waals surface area contributed by atoms with Crippen molar-refractivity contribution in [2.75, 3.05) is 6.61 Å². The number of aryl methyl sites for hydroxylation is 1. The predicted octanol–water partition coefficient (Wildman–Crippen LogP) is 3.65. The molecule has 0 saturated carbocycles. The van der Waals surface area contributed by atoms with Gasteiger partial charge in [-0.2, -0.15) is 0 Å². The van der Waals surface area contributed by atoms with Gasteiger partial charge >= 0.3 is 5.97 Å². The predicted molar refractivity (Wildman–Crippen MR) is 98.7 cm³/mol. The van der Waals surface area contributed by atoms with E-state index in [0.717, 1.165) is 15.4 Å². The van der Waals surface area contributed by atoms with Gasteiger partial charge in [-0.1, -0.05) is 36.4 Å². The fourth-order valence-corrected chi connectivity index (χ4v) is 3.68. The molecule has 0 unspecified atom stereocenters. The second-order valence-corrected chi connectivity index (χ2v) is 7.44. The zero-order valence-electron chi connectivity index (χ0n) is 13.5. The first-order valence-corrected chi connectivity index (χ1v) is 9.32. The molecular formula is C18H16N2O3S2. The normalized spacial score (nSPS) is 10.4. The van der Waals surface area contributed by atoms with Crippen molar-refractivity contribution >= 4 is 34.6 Å². The number of thiazole rings is 1. The number of hydrogen-bond acceptors (Lipinski definition) is 6. The Hall–Kier alpha value is -2.51. The lowest BCUT2D eigenvalue weighted by Gasteiger charge is -2.06. The minimum absolute atomic E-state index is 0.310. The van der Waals surface area contributed by atoms with Crippen molar-refractivity contribution in [3.05, 3.63) is 62.6 Å². The molecule has 0 bridgehead atoms. The first kappa shape index (κ1) is 17.3. The van der Waals surface area contributed by atoms with E-state index in [4.69, 9.17) is 4.74 Å². The number of carbonyl (C=O) groups excluding carboxylic acids is 2. The fraction of sp³-hybridized carbons (Fsp3) is 0.167. The van der Waals surface area contributed by atoms with Gasteiger partial charge in [0.05, 0.1) is 17.2 Å². The number of hydrogen-bond donors (Lipinski definition) is 1. The Morgan fingerprint density at radius 2 is 1.96 bits per heavy atom. The summed E-state index contributed by atoms with van der Waals surface area (Å²) in [6, 6.07) is 13.3. The number of rotatable bonds is 6. The van der Waals surface area contributed by atoms with Crippen LogP contribution >= 0.6 is 22.7 Å². The van der Waals surface area contributed by atoms with Gasteiger partial charge in [0.2, 0.25) is 0 Å². The monoisotopic (exact) mass is 372 g/mol. The maximum Gasteiger partial charge on any atom is 0.351 e. The molecule has 1 amide bonds. The third kappa shape index (κ3) is 4.52. The Morgan fingerprint density at radius 3 is 2.68 bits per heavy atom. The van der Waals surface area contributed by atoms with Gasteiger partial charge in [0.25, 0.3) is 5.91 Å². The highest BCUT2D eigenvalue weighted by molar-refractivity contribution is 7.14. The molecule has 7 heteroatoms. The molecule has 2 heterocycles. The Bertz CT molecular complexity index is 858.